The van der Waals surface area contributed by atoms with Crippen molar-refractivity contribution in [3.8, 4) is 5.75 Å². The number of nitrogens with zero attached hydrogens (tertiary/aromatic N) is 2. The molecule has 0 atom stereocenters. The smallest absolute Gasteiger partial charge is 0.236 e. The van der Waals surface area contributed by atoms with Gasteiger partial charge in [-0.2, -0.15) is 0 Å². The van der Waals surface area contributed by atoms with Crippen molar-refractivity contribution in [1.29, 1.82) is 0 Å². The van der Waals surface area contributed by atoms with Crippen molar-refractivity contribution in [2.45, 2.75) is 20.4 Å². The molecule has 21 heavy (non-hydrogen) atoms. The molecule has 4 nitrogen and oxygen atoms in total. The van der Waals surface area contributed by atoms with Crippen LogP contribution in [0.3, 0.4) is 0 Å². The van der Waals surface area contributed by atoms with Crippen LogP contribution < -0.4 is 4.74 Å². The lowest BCUT2D eigenvalue weighted by molar-refractivity contribution is -0.131. The average molecular weight is 290 g/mol. The maximum absolute atomic E-state index is 12.3. The predicted octanol–water partition coefficient (Wildman–Crippen LogP) is 2.55. The molecule has 116 valence electrons. The molecule has 1 aromatic carbocycles. The van der Waals surface area contributed by atoms with Crippen molar-refractivity contribution >= 4 is 5.91 Å². The summed E-state index contributed by atoms with van der Waals surface area (Å²) >= 11 is 0. The van der Waals surface area contributed by atoms with E-state index in [9.17, 15) is 4.79 Å². The number of hydrogen-bond acceptors (Lipinski definition) is 3. The molecule has 1 aromatic rings. The maximum atomic E-state index is 12.3. The molecule has 0 aliphatic rings. The summed E-state index contributed by atoms with van der Waals surface area (Å²) in [5.74, 6) is 0.923. The first-order valence-electron chi connectivity index (χ1n) is 7.19. The van der Waals surface area contributed by atoms with Crippen molar-refractivity contribution in [3.05, 3.63) is 42.0 Å². The summed E-state index contributed by atoms with van der Waals surface area (Å²) in [5.41, 5.74) is 2.13. The molecule has 0 bridgehead atoms. The van der Waals surface area contributed by atoms with E-state index in [1.165, 1.54) is 0 Å². The highest BCUT2D eigenvalue weighted by atomic mass is 16.5. The Hall–Kier alpha value is -1.81. The Kier molecular flexibility index (Phi) is 6.96. The molecule has 0 fully saturated rings. The van der Waals surface area contributed by atoms with Crippen LogP contribution >= 0.6 is 0 Å². The SMILES string of the molecule is C=C(C)CN(CC)CC(=O)N(C)Cc1cccc(OC)c1. The molecular formula is C17H26N2O2. The molecule has 4 heteroatoms. The van der Waals surface area contributed by atoms with Crippen molar-refractivity contribution in [2.75, 3.05) is 33.8 Å². The largest absolute Gasteiger partial charge is 0.497 e. The second-order valence-corrected chi connectivity index (χ2v) is 5.36. The van der Waals surface area contributed by atoms with Gasteiger partial charge in [-0.3, -0.25) is 9.69 Å². The highest BCUT2D eigenvalue weighted by Gasteiger charge is 2.13. The summed E-state index contributed by atoms with van der Waals surface area (Å²) < 4.78 is 5.20. The Labute approximate surface area is 128 Å². The van der Waals surface area contributed by atoms with Gasteiger partial charge in [-0.25, -0.2) is 0 Å². The molecule has 0 radical (unpaired) electrons. The molecular weight excluding hydrogens is 264 g/mol. The summed E-state index contributed by atoms with van der Waals surface area (Å²) in [6.07, 6.45) is 0. The van der Waals surface area contributed by atoms with Gasteiger partial charge < -0.3 is 9.64 Å². The van der Waals surface area contributed by atoms with E-state index in [4.69, 9.17) is 4.74 Å². The van der Waals surface area contributed by atoms with E-state index in [-0.39, 0.29) is 5.91 Å². The fraction of sp³-hybridized carbons (Fsp3) is 0.471. The van der Waals surface area contributed by atoms with E-state index in [1.54, 1.807) is 12.0 Å². The number of ether oxygens (including phenoxy) is 1. The summed E-state index contributed by atoms with van der Waals surface area (Å²) in [7, 11) is 3.47. The lowest BCUT2D eigenvalue weighted by atomic mass is 10.2. The quantitative estimate of drug-likeness (QED) is 0.690. The summed E-state index contributed by atoms with van der Waals surface area (Å²) in [6, 6.07) is 7.79. The Balaban J connectivity index is 2.59. The van der Waals surface area contributed by atoms with Gasteiger partial charge in [-0.05, 0) is 31.2 Å². The molecule has 0 aliphatic heterocycles. The van der Waals surface area contributed by atoms with Crippen LogP contribution in [0.15, 0.2) is 36.4 Å². The number of rotatable bonds is 8. The van der Waals surface area contributed by atoms with Gasteiger partial charge in [0.25, 0.3) is 0 Å². The highest BCUT2D eigenvalue weighted by Crippen LogP contribution is 2.14. The van der Waals surface area contributed by atoms with Crippen LogP contribution in [-0.4, -0.2) is 49.5 Å². The van der Waals surface area contributed by atoms with Crippen molar-refractivity contribution < 1.29 is 9.53 Å². The summed E-state index contributed by atoms with van der Waals surface area (Å²) in [4.78, 5) is 16.1. The predicted molar refractivity (Wildman–Crippen MR) is 86.4 cm³/mol. The highest BCUT2D eigenvalue weighted by molar-refractivity contribution is 5.78. The van der Waals surface area contributed by atoms with Gasteiger partial charge in [0.2, 0.25) is 5.91 Å². The second-order valence-electron chi connectivity index (χ2n) is 5.36. The molecule has 0 heterocycles. The van der Waals surface area contributed by atoms with Gasteiger partial charge in [0.05, 0.1) is 13.7 Å². The van der Waals surface area contributed by atoms with Gasteiger partial charge in [0, 0.05) is 20.1 Å². The number of benzene rings is 1. The topological polar surface area (TPSA) is 32.8 Å². The second kappa shape index (κ2) is 8.47. The van der Waals surface area contributed by atoms with Crippen LogP contribution in [0.25, 0.3) is 0 Å². The number of amides is 1. The van der Waals surface area contributed by atoms with E-state index >= 15 is 0 Å². The van der Waals surface area contributed by atoms with E-state index in [0.717, 1.165) is 30.0 Å². The Morgan fingerprint density at radius 3 is 2.62 bits per heavy atom. The van der Waals surface area contributed by atoms with Crippen LogP contribution in [0, 0.1) is 0 Å². The average Bonchev–Trinajstić information content (AvgIpc) is 2.46. The number of hydrogen-bond donors (Lipinski definition) is 0. The molecule has 0 spiro atoms. The third kappa shape index (κ3) is 6.00. The standard InChI is InChI=1S/C17H26N2O2/c1-6-19(11-14(2)3)13-17(20)18(4)12-15-8-7-9-16(10-15)21-5/h7-10H,2,6,11-13H2,1,3-5H3. The zero-order valence-electron chi connectivity index (χ0n) is 13.6. The first-order chi connectivity index (χ1) is 9.96. The van der Waals surface area contributed by atoms with E-state index in [0.29, 0.717) is 13.1 Å². The Morgan fingerprint density at radius 1 is 1.33 bits per heavy atom. The van der Waals surface area contributed by atoms with Gasteiger partial charge in [0.15, 0.2) is 0 Å². The monoisotopic (exact) mass is 290 g/mol. The number of carbonyl (C=O) groups is 1. The molecule has 0 aliphatic carbocycles. The van der Waals surface area contributed by atoms with E-state index < -0.39 is 0 Å². The van der Waals surface area contributed by atoms with Crippen molar-refractivity contribution in [1.82, 2.24) is 9.80 Å². The van der Waals surface area contributed by atoms with Crippen LogP contribution in [-0.2, 0) is 11.3 Å². The number of methoxy groups -OCH3 is 1. The molecule has 1 rings (SSSR count). The molecule has 0 saturated carbocycles. The molecule has 0 unspecified atom stereocenters. The van der Waals surface area contributed by atoms with Gasteiger partial charge in [-0.15, -0.1) is 0 Å². The van der Waals surface area contributed by atoms with Crippen molar-refractivity contribution in [2.24, 2.45) is 0 Å². The minimum Gasteiger partial charge on any atom is -0.497 e. The van der Waals surface area contributed by atoms with Gasteiger partial charge in [-0.1, -0.05) is 31.2 Å². The Morgan fingerprint density at radius 2 is 2.05 bits per heavy atom. The molecule has 1 amide bonds. The maximum Gasteiger partial charge on any atom is 0.236 e. The molecule has 0 saturated heterocycles. The van der Waals surface area contributed by atoms with E-state index in [1.807, 2.05) is 38.2 Å². The van der Waals surface area contributed by atoms with E-state index in [2.05, 4.69) is 18.4 Å². The van der Waals surface area contributed by atoms with Crippen molar-refractivity contribution in [3.63, 3.8) is 0 Å². The minimum atomic E-state index is 0.112. The zero-order valence-corrected chi connectivity index (χ0v) is 13.6. The normalized spacial score (nSPS) is 10.5. The van der Waals surface area contributed by atoms with Crippen LogP contribution in [0.5, 0.6) is 5.75 Å². The van der Waals surface area contributed by atoms with Crippen LogP contribution in [0.2, 0.25) is 0 Å². The summed E-state index contributed by atoms with van der Waals surface area (Å²) in [5, 5.41) is 0. The fourth-order valence-electron chi connectivity index (χ4n) is 2.11. The minimum absolute atomic E-state index is 0.112. The third-order valence-electron chi connectivity index (χ3n) is 3.28. The first kappa shape index (κ1) is 17.2. The molecule has 0 N–H and O–H groups in total. The lowest BCUT2D eigenvalue weighted by Gasteiger charge is -2.24. The van der Waals surface area contributed by atoms with Crippen LogP contribution in [0.4, 0.5) is 0 Å². The number of carbonyl (C=O) groups excluding carboxylic acids is 1. The molecule has 0 aromatic heterocycles. The zero-order chi connectivity index (χ0) is 15.8. The van der Waals surface area contributed by atoms with Crippen LogP contribution in [0.1, 0.15) is 19.4 Å². The Bertz CT molecular complexity index is 485. The lowest BCUT2D eigenvalue weighted by Crippen LogP contribution is -2.38. The van der Waals surface area contributed by atoms with Gasteiger partial charge in [0.1, 0.15) is 5.75 Å². The number of likely N-dealkylation sites (N-methyl/N-ethyl adjacent to an activating group) is 2. The fourth-order valence-corrected chi connectivity index (χ4v) is 2.11. The third-order valence-corrected chi connectivity index (χ3v) is 3.28. The van der Waals surface area contributed by atoms with Gasteiger partial charge >= 0.3 is 0 Å². The first-order valence-corrected chi connectivity index (χ1v) is 7.19. The summed E-state index contributed by atoms with van der Waals surface area (Å²) in [6.45, 7) is 10.5.